The van der Waals surface area contributed by atoms with Crippen LogP contribution in [0.25, 0.3) is 5.52 Å². The van der Waals surface area contributed by atoms with E-state index in [0.29, 0.717) is 6.04 Å². The van der Waals surface area contributed by atoms with Crippen molar-refractivity contribution in [2.45, 2.75) is 38.8 Å². The fourth-order valence-corrected chi connectivity index (χ4v) is 4.11. The van der Waals surface area contributed by atoms with Gasteiger partial charge in [0, 0.05) is 24.4 Å². The number of anilines is 1. The number of aromatic nitrogens is 2. The molecule has 6 nitrogen and oxygen atoms in total. The first-order valence-electron chi connectivity index (χ1n) is 8.46. The molecule has 2 aromatic rings. The minimum absolute atomic E-state index is 0.0841. The van der Waals surface area contributed by atoms with Gasteiger partial charge in [-0.2, -0.15) is 5.12 Å². The summed E-state index contributed by atoms with van der Waals surface area (Å²) in [5.74, 6) is 7.29. The Morgan fingerprint density at radius 2 is 2.25 bits per heavy atom. The van der Waals surface area contributed by atoms with E-state index in [4.69, 9.17) is 17.4 Å². The highest BCUT2D eigenvalue weighted by Crippen LogP contribution is 2.38. The van der Waals surface area contributed by atoms with Crippen molar-refractivity contribution in [2.24, 2.45) is 5.84 Å². The van der Waals surface area contributed by atoms with Crippen LogP contribution in [0.15, 0.2) is 30.9 Å². The molecular formula is C17H23ClN6. The van der Waals surface area contributed by atoms with Crippen molar-refractivity contribution in [3.05, 3.63) is 41.5 Å². The van der Waals surface area contributed by atoms with Crippen LogP contribution in [0, 0.1) is 0 Å². The number of hydrazine groups is 2. The molecule has 0 amide bonds. The zero-order chi connectivity index (χ0) is 16.8. The SMILES string of the molecule is CC(c1cc(Cl)c2cncn2c1N1CCC[C@@H]1C)N1C=CCN1N. The second-order valence-electron chi connectivity index (χ2n) is 6.67. The summed E-state index contributed by atoms with van der Waals surface area (Å²) >= 11 is 6.55. The minimum Gasteiger partial charge on any atom is -0.355 e. The molecule has 128 valence electrons. The van der Waals surface area contributed by atoms with E-state index in [1.54, 1.807) is 5.12 Å². The number of nitrogens with two attached hydrogens (primary N) is 1. The summed E-state index contributed by atoms with van der Waals surface area (Å²) in [7, 11) is 0. The van der Waals surface area contributed by atoms with Crippen LogP contribution in [0.5, 0.6) is 0 Å². The Kier molecular flexibility index (Phi) is 3.90. The molecule has 24 heavy (non-hydrogen) atoms. The zero-order valence-electron chi connectivity index (χ0n) is 14.1. The third-order valence-electron chi connectivity index (χ3n) is 5.17. The molecule has 1 unspecified atom stereocenters. The quantitative estimate of drug-likeness (QED) is 0.866. The zero-order valence-corrected chi connectivity index (χ0v) is 14.8. The maximum atomic E-state index is 6.55. The Morgan fingerprint density at radius 1 is 1.42 bits per heavy atom. The smallest absolute Gasteiger partial charge is 0.120 e. The molecule has 2 N–H and O–H groups in total. The van der Waals surface area contributed by atoms with Gasteiger partial charge in [0.2, 0.25) is 0 Å². The molecule has 4 rings (SSSR count). The molecule has 0 radical (unpaired) electrons. The van der Waals surface area contributed by atoms with E-state index in [0.717, 1.165) is 23.6 Å². The van der Waals surface area contributed by atoms with Gasteiger partial charge in [0.25, 0.3) is 0 Å². The molecule has 0 aliphatic carbocycles. The lowest BCUT2D eigenvalue weighted by Gasteiger charge is -2.35. The molecule has 0 saturated carbocycles. The van der Waals surface area contributed by atoms with Crippen molar-refractivity contribution in [1.82, 2.24) is 19.5 Å². The van der Waals surface area contributed by atoms with Gasteiger partial charge in [0.15, 0.2) is 0 Å². The molecule has 2 aliphatic rings. The third-order valence-corrected chi connectivity index (χ3v) is 5.47. The normalized spacial score (nSPS) is 22.9. The van der Waals surface area contributed by atoms with Crippen LogP contribution in [0.4, 0.5) is 5.82 Å². The molecule has 2 aromatic heterocycles. The summed E-state index contributed by atoms with van der Waals surface area (Å²) in [6.07, 6.45) is 10.2. The highest BCUT2D eigenvalue weighted by atomic mass is 35.5. The Labute approximate surface area is 147 Å². The molecule has 7 heteroatoms. The summed E-state index contributed by atoms with van der Waals surface area (Å²) in [6.45, 7) is 6.22. The van der Waals surface area contributed by atoms with Gasteiger partial charge >= 0.3 is 0 Å². The van der Waals surface area contributed by atoms with Crippen molar-refractivity contribution in [3.63, 3.8) is 0 Å². The molecule has 2 atom stereocenters. The van der Waals surface area contributed by atoms with Crippen molar-refractivity contribution < 1.29 is 0 Å². The van der Waals surface area contributed by atoms with E-state index >= 15 is 0 Å². The highest BCUT2D eigenvalue weighted by molar-refractivity contribution is 6.34. The largest absolute Gasteiger partial charge is 0.355 e. The van der Waals surface area contributed by atoms with Crippen molar-refractivity contribution in [2.75, 3.05) is 18.0 Å². The fourth-order valence-electron chi connectivity index (χ4n) is 3.85. The Balaban J connectivity index is 1.88. The molecule has 0 bridgehead atoms. The molecule has 1 fully saturated rings. The topological polar surface area (TPSA) is 53.0 Å². The number of imidazole rings is 1. The number of hydrogen-bond acceptors (Lipinski definition) is 5. The van der Waals surface area contributed by atoms with Crippen molar-refractivity contribution in [1.29, 1.82) is 0 Å². The van der Waals surface area contributed by atoms with E-state index in [9.17, 15) is 0 Å². The number of halogens is 1. The number of rotatable bonds is 3. The van der Waals surface area contributed by atoms with Crippen LogP contribution in [0.1, 0.15) is 38.3 Å². The maximum absolute atomic E-state index is 6.55. The van der Waals surface area contributed by atoms with E-state index in [1.807, 2.05) is 18.7 Å². The van der Waals surface area contributed by atoms with Crippen LogP contribution >= 0.6 is 11.6 Å². The van der Waals surface area contributed by atoms with Gasteiger partial charge in [-0.1, -0.05) is 11.6 Å². The van der Waals surface area contributed by atoms with Gasteiger partial charge in [0.05, 0.1) is 29.3 Å². The first-order valence-corrected chi connectivity index (χ1v) is 8.84. The van der Waals surface area contributed by atoms with E-state index in [1.165, 1.54) is 24.2 Å². The van der Waals surface area contributed by atoms with Gasteiger partial charge in [0.1, 0.15) is 12.1 Å². The van der Waals surface area contributed by atoms with Crippen LogP contribution in [-0.2, 0) is 0 Å². The first kappa shape index (κ1) is 15.7. The summed E-state index contributed by atoms with van der Waals surface area (Å²) in [5, 5.41) is 4.50. The minimum atomic E-state index is 0.0841. The predicted molar refractivity (Wildman–Crippen MR) is 96.5 cm³/mol. The molecule has 0 spiro atoms. The van der Waals surface area contributed by atoms with Crippen LogP contribution in [0.3, 0.4) is 0 Å². The van der Waals surface area contributed by atoms with E-state index < -0.39 is 0 Å². The Morgan fingerprint density at radius 3 is 2.92 bits per heavy atom. The lowest BCUT2D eigenvalue weighted by molar-refractivity contribution is 0.0158. The second-order valence-corrected chi connectivity index (χ2v) is 7.07. The van der Waals surface area contributed by atoms with Crippen LogP contribution < -0.4 is 10.7 Å². The van der Waals surface area contributed by atoms with Crippen LogP contribution in [0.2, 0.25) is 5.02 Å². The molecular weight excluding hydrogens is 324 g/mol. The Bertz CT molecular complexity index is 785. The summed E-state index contributed by atoms with van der Waals surface area (Å²) < 4.78 is 2.12. The number of hydrogen-bond donors (Lipinski definition) is 1. The van der Waals surface area contributed by atoms with Gasteiger partial charge in [-0.25, -0.2) is 4.98 Å². The van der Waals surface area contributed by atoms with Crippen molar-refractivity contribution >= 4 is 22.9 Å². The number of nitrogens with zero attached hydrogens (tertiary/aromatic N) is 5. The van der Waals surface area contributed by atoms with E-state index in [2.05, 4.69) is 45.3 Å². The van der Waals surface area contributed by atoms with Gasteiger partial charge in [-0.15, -0.1) is 0 Å². The predicted octanol–water partition coefficient (Wildman–Crippen LogP) is 2.96. The van der Waals surface area contributed by atoms with E-state index in [-0.39, 0.29) is 6.04 Å². The molecule has 2 aliphatic heterocycles. The first-order chi connectivity index (χ1) is 11.6. The molecule has 1 saturated heterocycles. The lowest BCUT2D eigenvalue weighted by atomic mass is 10.1. The second kappa shape index (κ2) is 5.95. The van der Waals surface area contributed by atoms with Gasteiger partial charge in [-0.3, -0.25) is 15.3 Å². The van der Waals surface area contributed by atoms with Gasteiger partial charge < -0.3 is 4.90 Å². The molecule has 4 heterocycles. The standard InChI is InChI=1S/C17H23ClN6/c1-12-5-3-6-21(12)17-14(13(2)23-7-4-8-24(23)19)9-15(18)16-10-20-11-22(16)17/h4,7,9-13H,3,5-6,8,19H2,1-2H3/t12-,13?/m0/s1. The molecule has 0 aromatic carbocycles. The van der Waals surface area contributed by atoms with Crippen molar-refractivity contribution in [3.8, 4) is 0 Å². The summed E-state index contributed by atoms with van der Waals surface area (Å²) in [6, 6.07) is 2.66. The fraction of sp³-hybridized carbons (Fsp3) is 0.471. The lowest BCUT2D eigenvalue weighted by Crippen LogP contribution is -2.42. The third kappa shape index (κ3) is 2.37. The Hall–Kier alpha value is -1.76. The average molecular weight is 347 g/mol. The monoisotopic (exact) mass is 346 g/mol. The highest BCUT2D eigenvalue weighted by Gasteiger charge is 2.30. The summed E-state index contributed by atoms with van der Waals surface area (Å²) in [5.41, 5.74) is 2.12. The summed E-state index contributed by atoms with van der Waals surface area (Å²) in [4.78, 5) is 6.79. The van der Waals surface area contributed by atoms with Crippen LogP contribution in [-0.4, -0.2) is 38.6 Å². The van der Waals surface area contributed by atoms with Gasteiger partial charge in [-0.05, 0) is 38.8 Å². The average Bonchev–Trinajstić information content (AvgIpc) is 3.28. The maximum Gasteiger partial charge on any atom is 0.120 e. The number of pyridine rings is 1. The number of fused-ring (bicyclic) bond motifs is 1.